The van der Waals surface area contributed by atoms with Gasteiger partial charge in [0, 0.05) is 36.6 Å². The third kappa shape index (κ3) is 4.80. The number of carbonyl (C=O) groups is 2. The number of nitrogens with zero attached hydrogens (tertiary/aromatic N) is 2. The van der Waals surface area contributed by atoms with Crippen molar-refractivity contribution in [3.8, 4) is 0 Å². The van der Waals surface area contributed by atoms with Crippen molar-refractivity contribution in [3.05, 3.63) is 34.3 Å². The molecule has 0 spiro atoms. The highest BCUT2D eigenvalue weighted by Gasteiger charge is 2.29. The van der Waals surface area contributed by atoms with Gasteiger partial charge in [0.25, 0.3) is 0 Å². The molecule has 5 heteroatoms. The van der Waals surface area contributed by atoms with Gasteiger partial charge in [-0.15, -0.1) is 0 Å². The summed E-state index contributed by atoms with van der Waals surface area (Å²) in [5.41, 5.74) is 1.03. The fourth-order valence-electron chi connectivity index (χ4n) is 3.06. The van der Waals surface area contributed by atoms with Crippen molar-refractivity contribution in [1.82, 2.24) is 9.80 Å². The Balaban J connectivity index is 1.85. The highest BCUT2D eigenvalue weighted by molar-refractivity contribution is 9.10. The normalized spacial score (nSPS) is 15.5. The molecule has 126 valence electrons. The third-order valence-corrected chi connectivity index (χ3v) is 5.07. The molecule has 0 N–H and O–H groups in total. The second-order valence-corrected chi connectivity index (χ2v) is 6.88. The Kier molecular flexibility index (Phi) is 6.63. The quantitative estimate of drug-likeness (QED) is 0.787. The van der Waals surface area contributed by atoms with Crippen LogP contribution in [0.15, 0.2) is 28.7 Å². The van der Waals surface area contributed by atoms with Gasteiger partial charge in [-0.3, -0.25) is 9.59 Å². The minimum Gasteiger partial charge on any atom is -0.343 e. The van der Waals surface area contributed by atoms with Crippen molar-refractivity contribution in [2.75, 3.05) is 26.2 Å². The van der Waals surface area contributed by atoms with E-state index < -0.39 is 0 Å². The van der Waals surface area contributed by atoms with E-state index in [9.17, 15) is 9.59 Å². The maximum atomic E-state index is 12.4. The molecule has 1 aliphatic rings. The van der Waals surface area contributed by atoms with Crippen LogP contribution in [0.2, 0.25) is 0 Å². The summed E-state index contributed by atoms with van der Waals surface area (Å²) in [7, 11) is 0. The Morgan fingerprint density at radius 3 is 2.22 bits per heavy atom. The second-order valence-electron chi connectivity index (χ2n) is 5.97. The van der Waals surface area contributed by atoms with Crippen molar-refractivity contribution < 1.29 is 9.59 Å². The van der Waals surface area contributed by atoms with Crippen molar-refractivity contribution in [3.63, 3.8) is 0 Å². The first kappa shape index (κ1) is 18.0. The van der Waals surface area contributed by atoms with E-state index in [-0.39, 0.29) is 17.7 Å². The lowest BCUT2D eigenvalue weighted by Crippen LogP contribution is -2.44. The Morgan fingerprint density at radius 1 is 1.13 bits per heavy atom. The minimum atomic E-state index is 0.0756. The van der Waals surface area contributed by atoms with E-state index in [1.165, 1.54) is 0 Å². The summed E-state index contributed by atoms with van der Waals surface area (Å²) in [5, 5.41) is 0. The Labute approximate surface area is 147 Å². The smallest absolute Gasteiger partial charge is 0.226 e. The van der Waals surface area contributed by atoms with Gasteiger partial charge in [0.1, 0.15) is 0 Å². The van der Waals surface area contributed by atoms with Crippen molar-refractivity contribution >= 4 is 27.7 Å². The zero-order valence-corrected chi connectivity index (χ0v) is 15.5. The number of benzene rings is 1. The summed E-state index contributed by atoms with van der Waals surface area (Å²) >= 11 is 3.40. The summed E-state index contributed by atoms with van der Waals surface area (Å²) in [6, 6.07) is 7.85. The number of likely N-dealkylation sites (tertiary alicyclic amines) is 1. The average molecular weight is 381 g/mol. The van der Waals surface area contributed by atoms with E-state index in [0.29, 0.717) is 19.5 Å². The second kappa shape index (κ2) is 8.48. The van der Waals surface area contributed by atoms with E-state index in [4.69, 9.17) is 0 Å². The van der Waals surface area contributed by atoms with E-state index in [2.05, 4.69) is 15.9 Å². The number of rotatable bonds is 5. The maximum Gasteiger partial charge on any atom is 0.226 e. The largest absolute Gasteiger partial charge is 0.343 e. The number of hydrogen-bond donors (Lipinski definition) is 0. The van der Waals surface area contributed by atoms with E-state index >= 15 is 0 Å². The van der Waals surface area contributed by atoms with Crippen LogP contribution in [0.5, 0.6) is 0 Å². The molecule has 1 heterocycles. The van der Waals surface area contributed by atoms with Gasteiger partial charge in [0.05, 0.1) is 6.42 Å². The summed E-state index contributed by atoms with van der Waals surface area (Å²) in [6.07, 6.45) is 1.99. The molecule has 0 aromatic heterocycles. The molecular weight excluding hydrogens is 356 g/mol. The lowest BCUT2D eigenvalue weighted by atomic mass is 9.94. The van der Waals surface area contributed by atoms with Crippen molar-refractivity contribution in [1.29, 1.82) is 0 Å². The van der Waals surface area contributed by atoms with Crippen LogP contribution < -0.4 is 0 Å². The highest BCUT2D eigenvalue weighted by atomic mass is 79.9. The van der Waals surface area contributed by atoms with Gasteiger partial charge >= 0.3 is 0 Å². The molecule has 0 aliphatic carbocycles. The molecule has 1 saturated heterocycles. The zero-order valence-electron chi connectivity index (χ0n) is 13.9. The summed E-state index contributed by atoms with van der Waals surface area (Å²) < 4.78 is 1.02. The molecule has 4 nitrogen and oxygen atoms in total. The Bertz CT molecular complexity index is 532. The first-order chi connectivity index (χ1) is 11.0. The molecular formula is C18H25BrN2O2. The molecule has 2 rings (SSSR count). The molecule has 2 amide bonds. The molecule has 1 fully saturated rings. The van der Waals surface area contributed by atoms with Crippen molar-refractivity contribution in [2.24, 2.45) is 5.92 Å². The molecule has 1 aromatic rings. The van der Waals surface area contributed by atoms with Gasteiger partial charge in [-0.05, 0) is 44.4 Å². The molecule has 0 unspecified atom stereocenters. The highest BCUT2D eigenvalue weighted by Crippen LogP contribution is 2.21. The Morgan fingerprint density at radius 2 is 1.70 bits per heavy atom. The standard InChI is InChI=1S/C18H25BrN2O2/c1-3-20(4-2)18(23)15-9-11-21(12-10-15)17(22)13-14-5-7-16(19)8-6-14/h5-8,15H,3-4,9-13H2,1-2H3. The molecule has 1 aromatic carbocycles. The summed E-state index contributed by atoms with van der Waals surface area (Å²) in [5.74, 6) is 0.475. The maximum absolute atomic E-state index is 12.4. The zero-order chi connectivity index (χ0) is 16.8. The average Bonchev–Trinajstić information content (AvgIpc) is 2.58. The predicted octanol–water partition coefficient (Wildman–Crippen LogP) is 3.10. The molecule has 0 saturated carbocycles. The van der Waals surface area contributed by atoms with E-state index in [1.807, 2.05) is 47.9 Å². The van der Waals surface area contributed by atoms with E-state index in [1.54, 1.807) is 0 Å². The number of hydrogen-bond acceptors (Lipinski definition) is 2. The van der Waals surface area contributed by atoms with Gasteiger partial charge in [-0.2, -0.15) is 0 Å². The number of halogens is 1. The molecule has 23 heavy (non-hydrogen) atoms. The number of carbonyl (C=O) groups excluding carboxylic acids is 2. The monoisotopic (exact) mass is 380 g/mol. The van der Waals surface area contributed by atoms with Gasteiger partial charge in [0.2, 0.25) is 11.8 Å². The fourth-order valence-corrected chi connectivity index (χ4v) is 3.32. The minimum absolute atomic E-state index is 0.0756. The van der Waals surface area contributed by atoms with Crippen molar-refractivity contribution in [2.45, 2.75) is 33.1 Å². The van der Waals surface area contributed by atoms with Crippen LogP contribution in [0, 0.1) is 5.92 Å². The SMILES string of the molecule is CCN(CC)C(=O)C1CCN(C(=O)Cc2ccc(Br)cc2)CC1. The first-order valence-electron chi connectivity index (χ1n) is 8.36. The van der Waals surface area contributed by atoms with Crippen LogP contribution in [-0.4, -0.2) is 47.8 Å². The number of amides is 2. The topological polar surface area (TPSA) is 40.6 Å². The molecule has 0 atom stereocenters. The van der Waals surface area contributed by atoms with Crippen LogP contribution in [0.25, 0.3) is 0 Å². The molecule has 1 aliphatic heterocycles. The molecule has 0 radical (unpaired) electrons. The summed E-state index contributed by atoms with van der Waals surface area (Å²) in [6.45, 7) is 6.92. The Hall–Kier alpha value is -1.36. The van der Waals surface area contributed by atoms with Crippen LogP contribution >= 0.6 is 15.9 Å². The summed E-state index contributed by atoms with van der Waals surface area (Å²) in [4.78, 5) is 28.6. The van der Waals surface area contributed by atoms with Crippen LogP contribution in [0.4, 0.5) is 0 Å². The predicted molar refractivity (Wildman–Crippen MR) is 95.1 cm³/mol. The fraction of sp³-hybridized carbons (Fsp3) is 0.556. The van der Waals surface area contributed by atoms with Crippen LogP contribution in [-0.2, 0) is 16.0 Å². The molecule has 0 bridgehead atoms. The van der Waals surface area contributed by atoms with Crippen LogP contribution in [0.1, 0.15) is 32.3 Å². The number of piperidine rings is 1. The van der Waals surface area contributed by atoms with Gasteiger partial charge in [0.15, 0.2) is 0 Å². The lowest BCUT2D eigenvalue weighted by Gasteiger charge is -2.33. The van der Waals surface area contributed by atoms with Gasteiger partial charge in [-0.25, -0.2) is 0 Å². The van der Waals surface area contributed by atoms with Crippen LogP contribution in [0.3, 0.4) is 0 Å². The van der Waals surface area contributed by atoms with Gasteiger partial charge < -0.3 is 9.80 Å². The third-order valence-electron chi connectivity index (χ3n) is 4.54. The van der Waals surface area contributed by atoms with Gasteiger partial charge in [-0.1, -0.05) is 28.1 Å². The van der Waals surface area contributed by atoms with E-state index in [0.717, 1.165) is 36.0 Å². The first-order valence-corrected chi connectivity index (χ1v) is 9.15. The lowest BCUT2D eigenvalue weighted by molar-refractivity contribution is -0.140.